The molecule has 0 bridgehead atoms. The SMILES string of the molecule is CCCN(C)CCC(N)(C(N)=O)c1ccccc1. The van der Waals surface area contributed by atoms with E-state index in [2.05, 4.69) is 11.8 Å². The molecule has 4 nitrogen and oxygen atoms in total. The summed E-state index contributed by atoms with van der Waals surface area (Å²) in [5.41, 5.74) is 11.4. The molecule has 0 radical (unpaired) electrons. The van der Waals surface area contributed by atoms with Crippen molar-refractivity contribution in [1.29, 1.82) is 0 Å². The van der Waals surface area contributed by atoms with Crippen LogP contribution in [-0.2, 0) is 10.3 Å². The van der Waals surface area contributed by atoms with Gasteiger partial charge in [-0.25, -0.2) is 0 Å². The highest BCUT2D eigenvalue weighted by Gasteiger charge is 2.33. The van der Waals surface area contributed by atoms with Gasteiger partial charge in [-0.15, -0.1) is 0 Å². The van der Waals surface area contributed by atoms with Gasteiger partial charge in [0.25, 0.3) is 0 Å². The lowest BCUT2D eigenvalue weighted by atomic mass is 9.87. The molecule has 0 aromatic heterocycles. The molecule has 1 rings (SSSR count). The zero-order valence-electron chi connectivity index (χ0n) is 11.2. The molecule has 1 amide bonds. The van der Waals surface area contributed by atoms with E-state index in [1.165, 1.54) is 0 Å². The van der Waals surface area contributed by atoms with Gasteiger partial charge >= 0.3 is 0 Å². The van der Waals surface area contributed by atoms with Gasteiger partial charge in [-0.1, -0.05) is 37.3 Å². The van der Waals surface area contributed by atoms with E-state index in [1.54, 1.807) is 0 Å². The molecule has 100 valence electrons. The van der Waals surface area contributed by atoms with Gasteiger partial charge in [0, 0.05) is 6.54 Å². The van der Waals surface area contributed by atoms with Crippen LogP contribution in [0.25, 0.3) is 0 Å². The van der Waals surface area contributed by atoms with E-state index in [-0.39, 0.29) is 0 Å². The standard InChI is InChI=1S/C14H23N3O/c1-3-10-17(2)11-9-14(16,13(15)18)12-7-5-4-6-8-12/h4-8H,3,9-11,16H2,1-2H3,(H2,15,18). The third kappa shape index (κ3) is 3.55. The van der Waals surface area contributed by atoms with Crippen molar-refractivity contribution in [3.63, 3.8) is 0 Å². The maximum absolute atomic E-state index is 11.7. The number of nitrogens with zero attached hydrogens (tertiary/aromatic N) is 1. The summed E-state index contributed by atoms with van der Waals surface area (Å²) < 4.78 is 0. The number of primary amides is 1. The molecule has 1 aromatic rings. The van der Waals surface area contributed by atoms with E-state index in [0.717, 1.165) is 25.1 Å². The molecule has 0 heterocycles. The quantitative estimate of drug-likeness (QED) is 0.759. The minimum Gasteiger partial charge on any atom is -0.368 e. The molecule has 4 heteroatoms. The lowest BCUT2D eigenvalue weighted by Crippen LogP contribution is -2.50. The minimum absolute atomic E-state index is 0.474. The average molecular weight is 249 g/mol. The fourth-order valence-electron chi connectivity index (χ4n) is 2.01. The van der Waals surface area contributed by atoms with Crippen LogP contribution in [0.15, 0.2) is 30.3 Å². The van der Waals surface area contributed by atoms with Crippen LogP contribution in [0.4, 0.5) is 0 Å². The molecule has 0 aliphatic rings. The van der Waals surface area contributed by atoms with Gasteiger partial charge in [-0.05, 0) is 32.0 Å². The first-order chi connectivity index (χ1) is 8.50. The Kier molecular flexibility index (Phi) is 5.31. The van der Waals surface area contributed by atoms with Crippen molar-refractivity contribution in [2.75, 3.05) is 20.1 Å². The van der Waals surface area contributed by atoms with Crippen LogP contribution in [-0.4, -0.2) is 30.9 Å². The Morgan fingerprint density at radius 1 is 1.28 bits per heavy atom. The molecule has 0 saturated carbocycles. The van der Waals surface area contributed by atoms with Crippen molar-refractivity contribution in [2.24, 2.45) is 11.5 Å². The first-order valence-corrected chi connectivity index (χ1v) is 6.33. The van der Waals surface area contributed by atoms with Crippen LogP contribution in [0.2, 0.25) is 0 Å². The van der Waals surface area contributed by atoms with Crippen LogP contribution in [0, 0.1) is 0 Å². The van der Waals surface area contributed by atoms with Crippen molar-refractivity contribution < 1.29 is 4.79 Å². The maximum Gasteiger partial charge on any atom is 0.242 e. The van der Waals surface area contributed by atoms with E-state index in [9.17, 15) is 4.79 Å². The van der Waals surface area contributed by atoms with Gasteiger partial charge < -0.3 is 16.4 Å². The van der Waals surface area contributed by atoms with Crippen molar-refractivity contribution in [2.45, 2.75) is 25.3 Å². The molecule has 0 spiro atoms. The van der Waals surface area contributed by atoms with Crippen molar-refractivity contribution in [3.8, 4) is 0 Å². The molecular formula is C14H23N3O. The smallest absolute Gasteiger partial charge is 0.242 e. The largest absolute Gasteiger partial charge is 0.368 e. The Bertz CT molecular complexity index is 380. The summed E-state index contributed by atoms with van der Waals surface area (Å²) in [5.74, 6) is -0.474. The Morgan fingerprint density at radius 2 is 1.89 bits per heavy atom. The number of hydrogen-bond acceptors (Lipinski definition) is 3. The molecule has 1 aromatic carbocycles. The number of hydrogen-bond donors (Lipinski definition) is 2. The van der Waals surface area contributed by atoms with E-state index in [0.29, 0.717) is 6.42 Å². The maximum atomic E-state index is 11.7. The number of carbonyl (C=O) groups excluding carboxylic acids is 1. The highest BCUT2D eigenvalue weighted by atomic mass is 16.1. The normalized spacial score (nSPS) is 14.4. The van der Waals surface area contributed by atoms with Gasteiger partial charge in [0.1, 0.15) is 5.54 Å². The molecule has 4 N–H and O–H groups in total. The summed E-state index contributed by atoms with van der Waals surface area (Å²) in [6.07, 6.45) is 1.61. The van der Waals surface area contributed by atoms with E-state index < -0.39 is 11.4 Å². The van der Waals surface area contributed by atoms with Crippen LogP contribution in [0.3, 0.4) is 0 Å². The Balaban J connectivity index is 2.79. The predicted molar refractivity (Wildman–Crippen MR) is 73.9 cm³/mol. The van der Waals surface area contributed by atoms with Crippen LogP contribution in [0.1, 0.15) is 25.3 Å². The molecule has 1 unspecified atom stereocenters. The lowest BCUT2D eigenvalue weighted by Gasteiger charge is -2.28. The zero-order chi connectivity index (χ0) is 13.6. The number of carbonyl (C=O) groups is 1. The number of benzene rings is 1. The summed E-state index contributed by atoms with van der Waals surface area (Å²) in [5, 5.41) is 0. The van der Waals surface area contributed by atoms with Gasteiger partial charge in [-0.3, -0.25) is 4.79 Å². The fourth-order valence-corrected chi connectivity index (χ4v) is 2.01. The monoisotopic (exact) mass is 249 g/mol. The second kappa shape index (κ2) is 6.52. The third-order valence-corrected chi connectivity index (χ3v) is 3.22. The van der Waals surface area contributed by atoms with Gasteiger partial charge in [-0.2, -0.15) is 0 Å². The second-order valence-corrected chi connectivity index (χ2v) is 4.75. The summed E-state index contributed by atoms with van der Waals surface area (Å²) in [6, 6.07) is 9.34. The second-order valence-electron chi connectivity index (χ2n) is 4.75. The molecular weight excluding hydrogens is 226 g/mol. The highest BCUT2D eigenvalue weighted by molar-refractivity contribution is 5.85. The Labute approximate surface area is 109 Å². The van der Waals surface area contributed by atoms with E-state index >= 15 is 0 Å². The van der Waals surface area contributed by atoms with Crippen LogP contribution >= 0.6 is 0 Å². The molecule has 0 aliphatic heterocycles. The summed E-state index contributed by atoms with van der Waals surface area (Å²) in [4.78, 5) is 13.8. The Morgan fingerprint density at radius 3 is 2.39 bits per heavy atom. The summed E-state index contributed by atoms with van der Waals surface area (Å²) in [6.45, 7) is 3.86. The third-order valence-electron chi connectivity index (χ3n) is 3.22. The fraction of sp³-hybridized carbons (Fsp3) is 0.500. The first-order valence-electron chi connectivity index (χ1n) is 6.33. The molecule has 0 fully saturated rings. The van der Waals surface area contributed by atoms with Crippen molar-refractivity contribution >= 4 is 5.91 Å². The predicted octanol–water partition coefficient (Wildman–Crippen LogP) is 1.06. The van der Waals surface area contributed by atoms with Crippen LogP contribution < -0.4 is 11.5 Å². The van der Waals surface area contributed by atoms with Gasteiger partial charge in [0.15, 0.2) is 0 Å². The molecule has 0 saturated heterocycles. The number of amides is 1. The van der Waals surface area contributed by atoms with Gasteiger partial charge in [0.05, 0.1) is 0 Å². The highest BCUT2D eigenvalue weighted by Crippen LogP contribution is 2.22. The molecule has 0 aliphatic carbocycles. The first kappa shape index (κ1) is 14.7. The summed E-state index contributed by atoms with van der Waals surface area (Å²) in [7, 11) is 2.02. The average Bonchev–Trinajstić information content (AvgIpc) is 2.37. The molecule has 1 atom stereocenters. The van der Waals surface area contributed by atoms with Crippen molar-refractivity contribution in [3.05, 3.63) is 35.9 Å². The van der Waals surface area contributed by atoms with E-state index in [4.69, 9.17) is 11.5 Å². The van der Waals surface area contributed by atoms with Crippen molar-refractivity contribution in [1.82, 2.24) is 4.90 Å². The molecule has 18 heavy (non-hydrogen) atoms. The topological polar surface area (TPSA) is 72.3 Å². The lowest BCUT2D eigenvalue weighted by molar-refractivity contribution is -0.123. The van der Waals surface area contributed by atoms with Crippen LogP contribution in [0.5, 0.6) is 0 Å². The zero-order valence-corrected chi connectivity index (χ0v) is 11.2. The minimum atomic E-state index is -1.08. The number of rotatable bonds is 7. The number of nitrogens with two attached hydrogens (primary N) is 2. The Hall–Kier alpha value is -1.39. The van der Waals surface area contributed by atoms with E-state index in [1.807, 2.05) is 37.4 Å². The van der Waals surface area contributed by atoms with Gasteiger partial charge in [0.2, 0.25) is 5.91 Å². The summed E-state index contributed by atoms with van der Waals surface area (Å²) >= 11 is 0.